The van der Waals surface area contributed by atoms with E-state index in [0.717, 1.165) is 0 Å². The molecule has 7 nitrogen and oxygen atoms in total. The van der Waals surface area contributed by atoms with Gasteiger partial charge in [0, 0.05) is 29.2 Å². The molecule has 1 aliphatic rings. The zero-order valence-electron chi connectivity index (χ0n) is 18.3. The van der Waals surface area contributed by atoms with E-state index in [1.54, 1.807) is 55.1 Å². The van der Waals surface area contributed by atoms with Gasteiger partial charge in [-0.2, -0.15) is 4.98 Å². The fourth-order valence-electron chi connectivity index (χ4n) is 3.66. The molecule has 3 aromatic rings. The van der Waals surface area contributed by atoms with Crippen molar-refractivity contribution in [1.82, 2.24) is 15.0 Å². The number of likely N-dealkylation sites (tertiary alicyclic amines) is 1. The number of aryl methyl sites for hydroxylation is 1. The number of halogens is 2. The fraction of sp³-hybridized carbons (Fsp3) is 0.333. The molecule has 0 radical (unpaired) electrons. The summed E-state index contributed by atoms with van der Waals surface area (Å²) in [4.78, 5) is 31.2. The van der Waals surface area contributed by atoms with Gasteiger partial charge < -0.3 is 14.2 Å². The second kappa shape index (κ2) is 9.70. The van der Waals surface area contributed by atoms with Gasteiger partial charge in [0.1, 0.15) is 5.82 Å². The van der Waals surface area contributed by atoms with Gasteiger partial charge in [-0.1, -0.05) is 28.9 Å². The Morgan fingerprint density at radius 1 is 1.18 bits per heavy atom. The highest BCUT2D eigenvalue weighted by Gasteiger charge is 2.31. The van der Waals surface area contributed by atoms with Crippen molar-refractivity contribution in [2.45, 2.75) is 32.8 Å². The summed E-state index contributed by atoms with van der Waals surface area (Å²) in [7, 11) is 0. The number of amides is 1. The van der Waals surface area contributed by atoms with Crippen molar-refractivity contribution in [2.75, 3.05) is 13.1 Å². The SMILES string of the molecule is Cc1ccc(-c2noc(C(C)OC(=O)C3CCN(C(=O)c4ccc(Cl)cc4)CC3)n2)cc1F. The lowest BCUT2D eigenvalue weighted by atomic mass is 9.96. The van der Waals surface area contributed by atoms with E-state index in [-0.39, 0.29) is 35.3 Å². The lowest BCUT2D eigenvalue weighted by molar-refractivity contribution is -0.156. The molecule has 0 bridgehead atoms. The summed E-state index contributed by atoms with van der Waals surface area (Å²) in [5, 5.41) is 4.44. The second-order valence-electron chi connectivity index (χ2n) is 8.07. The molecule has 172 valence electrons. The van der Waals surface area contributed by atoms with Crippen molar-refractivity contribution in [3.8, 4) is 11.4 Å². The Morgan fingerprint density at radius 2 is 1.88 bits per heavy atom. The highest BCUT2D eigenvalue weighted by molar-refractivity contribution is 6.30. The van der Waals surface area contributed by atoms with Crippen LogP contribution < -0.4 is 0 Å². The first-order chi connectivity index (χ1) is 15.8. The van der Waals surface area contributed by atoms with Crippen LogP contribution in [-0.2, 0) is 9.53 Å². The molecule has 0 spiro atoms. The average molecular weight is 472 g/mol. The molecule has 1 fully saturated rings. The Kier molecular flexibility index (Phi) is 6.74. The van der Waals surface area contributed by atoms with Gasteiger partial charge in [-0.15, -0.1) is 0 Å². The van der Waals surface area contributed by atoms with Crippen LogP contribution in [0.5, 0.6) is 0 Å². The first kappa shape index (κ1) is 22.9. The van der Waals surface area contributed by atoms with E-state index in [9.17, 15) is 14.0 Å². The van der Waals surface area contributed by atoms with Gasteiger partial charge in [0.25, 0.3) is 11.8 Å². The zero-order chi connectivity index (χ0) is 23.5. The van der Waals surface area contributed by atoms with E-state index < -0.39 is 6.10 Å². The monoisotopic (exact) mass is 471 g/mol. The fourth-order valence-corrected chi connectivity index (χ4v) is 3.79. The lowest BCUT2D eigenvalue weighted by Crippen LogP contribution is -2.40. The summed E-state index contributed by atoms with van der Waals surface area (Å²) >= 11 is 5.88. The van der Waals surface area contributed by atoms with E-state index >= 15 is 0 Å². The average Bonchev–Trinajstić information content (AvgIpc) is 3.31. The molecule has 1 unspecified atom stereocenters. The van der Waals surface area contributed by atoms with Gasteiger partial charge in [-0.3, -0.25) is 9.59 Å². The van der Waals surface area contributed by atoms with Crippen molar-refractivity contribution in [2.24, 2.45) is 5.92 Å². The Balaban J connectivity index is 1.32. The van der Waals surface area contributed by atoms with E-state index in [0.29, 0.717) is 47.6 Å². The highest BCUT2D eigenvalue weighted by atomic mass is 35.5. The van der Waals surface area contributed by atoms with Gasteiger partial charge in [-0.25, -0.2) is 4.39 Å². The number of hydrogen-bond acceptors (Lipinski definition) is 6. The molecule has 1 atom stereocenters. The standard InChI is InChI=1S/C24H23ClFN3O4/c1-14-3-4-18(13-20(14)26)21-27-22(33-28-21)15(2)32-24(31)17-9-11-29(12-10-17)23(30)16-5-7-19(25)8-6-16/h3-8,13,15,17H,9-12H2,1-2H3. The number of hydrogen-bond donors (Lipinski definition) is 0. The maximum atomic E-state index is 13.8. The Bertz CT molecular complexity index is 1160. The maximum Gasteiger partial charge on any atom is 0.309 e. The van der Waals surface area contributed by atoms with Crippen LogP contribution >= 0.6 is 11.6 Å². The summed E-state index contributed by atoms with van der Waals surface area (Å²) in [6.07, 6.45) is 0.258. The zero-order valence-corrected chi connectivity index (χ0v) is 19.0. The van der Waals surface area contributed by atoms with Gasteiger partial charge in [-0.05, 0) is 62.6 Å². The Hall–Kier alpha value is -3.26. The maximum absolute atomic E-state index is 13.8. The van der Waals surface area contributed by atoms with Gasteiger partial charge in [0.05, 0.1) is 5.92 Å². The molecular weight excluding hydrogens is 449 g/mol. The van der Waals surface area contributed by atoms with Crippen LogP contribution in [0.15, 0.2) is 47.0 Å². The van der Waals surface area contributed by atoms with Gasteiger partial charge in [0.2, 0.25) is 5.82 Å². The minimum atomic E-state index is -0.747. The van der Waals surface area contributed by atoms with Crippen LogP contribution in [0.4, 0.5) is 4.39 Å². The van der Waals surface area contributed by atoms with Crippen molar-refractivity contribution < 1.29 is 23.2 Å². The number of aromatic nitrogens is 2. The second-order valence-corrected chi connectivity index (χ2v) is 8.51. The molecular formula is C24H23ClFN3O4. The molecule has 0 N–H and O–H groups in total. The molecule has 2 aromatic carbocycles. The molecule has 1 aliphatic heterocycles. The minimum Gasteiger partial charge on any atom is -0.452 e. The van der Waals surface area contributed by atoms with E-state index in [2.05, 4.69) is 10.1 Å². The van der Waals surface area contributed by atoms with Gasteiger partial charge >= 0.3 is 5.97 Å². The normalized spacial score (nSPS) is 15.3. The molecule has 9 heteroatoms. The van der Waals surface area contributed by atoms with Crippen molar-refractivity contribution in [3.05, 3.63) is 70.3 Å². The number of piperidine rings is 1. The molecule has 33 heavy (non-hydrogen) atoms. The summed E-state index contributed by atoms with van der Waals surface area (Å²) in [6, 6.07) is 11.4. The third-order valence-corrected chi connectivity index (χ3v) is 5.97. The Morgan fingerprint density at radius 3 is 2.55 bits per heavy atom. The number of ether oxygens (including phenoxy) is 1. The van der Waals surface area contributed by atoms with Crippen LogP contribution in [0.3, 0.4) is 0 Å². The topological polar surface area (TPSA) is 85.5 Å². The van der Waals surface area contributed by atoms with Crippen molar-refractivity contribution in [3.63, 3.8) is 0 Å². The summed E-state index contributed by atoms with van der Waals surface area (Å²) in [6.45, 7) is 4.23. The number of rotatable bonds is 5. The summed E-state index contributed by atoms with van der Waals surface area (Å²) in [5.74, 6) is -0.787. The van der Waals surface area contributed by atoms with Crippen LogP contribution in [0.2, 0.25) is 5.02 Å². The van der Waals surface area contributed by atoms with Crippen LogP contribution in [0.25, 0.3) is 11.4 Å². The number of esters is 1. The van der Waals surface area contributed by atoms with E-state index in [1.807, 2.05) is 0 Å². The molecule has 0 saturated carbocycles. The van der Waals surface area contributed by atoms with Crippen molar-refractivity contribution in [1.29, 1.82) is 0 Å². The smallest absolute Gasteiger partial charge is 0.309 e. The Labute approximate surface area is 195 Å². The summed E-state index contributed by atoms with van der Waals surface area (Å²) in [5.41, 5.74) is 1.56. The lowest BCUT2D eigenvalue weighted by Gasteiger charge is -2.31. The van der Waals surface area contributed by atoms with E-state index in [4.69, 9.17) is 20.9 Å². The first-order valence-corrected chi connectivity index (χ1v) is 11.0. The molecule has 1 amide bonds. The van der Waals surface area contributed by atoms with Gasteiger partial charge in [0.15, 0.2) is 6.10 Å². The number of nitrogens with zero attached hydrogens (tertiary/aromatic N) is 3. The number of carbonyl (C=O) groups is 2. The van der Waals surface area contributed by atoms with Crippen LogP contribution in [-0.4, -0.2) is 40.0 Å². The number of benzene rings is 2. The molecule has 1 aromatic heterocycles. The third kappa shape index (κ3) is 5.22. The predicted octanol–water partition coefficient (Wildman–Crippen LogP) is 4.99. The molecule has 0 aliphatic carbocycles. The number of carbonyl (C=O) groups excluding carboxylic acids is 2. The third-order valence-electron chi connectivity index (χ3n) is 5.72. The minimum absolute atomic E-state index is 0.0854. The predicted molar refractivity (Wildman–Crippen MR) is 119 cm³/mol. The van der Waals surface area contributed by atoms with Crippen LogP contribution in [0, 0.1) is 18.7 Å². The molecule has 4 rings (SSSR count). The van der Waals surface area contributed by atoms with Crippen molar-refractivity contribution >= 4 is 23.5 Å². The molecule has 1 saturated heterocycles. The summed E-state index contributed by atoms with van der Waals surface area (Å²) < 4.78 is 24.6. The largest absolute Gasteiger partial charge is 0.452 e. The van der Waals surface area contributed by atoms with E-state index in [1.165, 1.54) is 6.07 Å². The molecule has 2 heterocycles. The highest BCUT2D eigenvalue weighted by Crippen LogP contribution is 2.26. The van der Waals surface area contributed by atoms with Crippen LogP contribution in [0.1, 0.15) is 47.7 Å². The first-order valence-electron chi connectivity index (χ1n) is 10.7. The quantitative estimate of drug-likeness (QED) is 0.487.